The summed E-state index contributed by atoms with van der Waals surface area (Å²) in [7, 11) is 0. The second kappa shape index (κ2) is 8.33. The van der Waals surface area contributed by atoms with Crippen LogP contribution < -0.4 is 5.32 Å². The summed E-state index contributed by atoms with van der Waals surface area (Å²) in [6.07, 6.45) is 0. The monoisotopic (exact) mass is 322 g/mol. The maximum absolute atomic E-state index is 6.07. The summed E-state index contributed by atoms with van der Waals surface area (Å²) >= 11 is 18.2. The molecule has 1 N–H and O–H groups in total. The minimum Gasteiger partial charge on any atom is -0.305 e. The van der Waals surface area contributed by atoms with Gasteiger partial charge in [0.25, 0.3) is 0 Å². The van der Waals surface area contributed by atoms with Gasteiger partial charge in [0.15, 0.2) is 0 Å². The molecule has 0 aromatic heterocycles. The van der Waals surface area contributed by atoms with Crippen molar-refractivity contribution in [1.29, 1.82) is 0 Å². The quantitative estimate of drug-likeness (QED) is 0.762. The van der Waals surface area contributed by atoms with Gasteiger partial charge in [-0.15, -0.1) is 0 Å². The molecule has 19 heavy (non-hydrogen) atoms. The topological polar surface area (TPSA) is 15.3 Å². The number of likely N-dealkylation sites (N-methyl/N-ethyl adjacent to an activating group) is 1. The Hall–Kier alpha value is 0.01000. The Labute approximate surface area is 131 Å². The van der Waals surface area contributed by atoms with Crippen molar-refractivity contribution in [2.75, 3.05) is 26.2 Å². The Morgan fingerprint density at radius 3 is 2.16 bits per heavy atom. The Morgan fingerprint density at radius 1 is 1.11 bits per heavy atom. The van der Waals surface area contributed by atoms with Crippen LogP contribution in [0.1, 0.15) is 25.5 Å². The van der Waals surface area contributed by atoms with Gasteiger partial charge in [-0.25, -0.2) is 0 Å². The zero-order valence-corrected chi connectivity index (χ0v) is 13.6. The molecule has 1 aromatic carbocycles. The molecule has 2 nitrogen and oxygen atoms in total. The summed E-state index contributed by atoms with van der Waals surface area (Å²) in [6.45, 7) is 8.08. The second-order valence-electron chi connectivity index (χ2n) is 4.37. The molecule has 1 aromatic rings. The van der Waals surface area contributed by atoms with E-state index in [0.717, 1.165) is 31.7 Å². The number of nitrogens with zero attached hydrogens (tertiary/aromatic N) is 1. The lowest BCUT2D eigenvalue weighted by molar-refractivity contribution is 0.296. The van der Waals surface area contributed by atoms with Crippen molar-refractivity contribution < 1.29 is 0 Å². The van der Waals surface area contributed by atoms with E-state index in [1.165, 1.54) is 0 Å². The fourth-order valence-electron chi connectivity index (χ4n) is 1.97. The SMILES string of the molecule is CCN(CC)CCNC(c1ccccc1)C(Cl)(Cl)Cl. The van der Waals surface area contributed by atoms with Gasteiger partial charge in [0.2, 0.25) is 3.79 Å². The minimum absolute atomic E-state index is 0.297. The van der Waals surface area contributed by atoms with Gasteiger partial charge in [0.05, 0.1) is 6.04 Å². The Balaban J connectivity index is 2.62. The van der Waals surface area contributed by atoms with Crippen molar-refractivity contribution >= 4 is 34.8 Å². The van der Waals surface area contributed by atoms with Gasteiger partial charge < -0.3 is 10.2 Å². The molecule has 0 aliphatic carbocycles. The van der Waals surface area contributed by atoms with E-state index in [9.17, 15) is 0 Å². The number of nitrogens with one attached hydrogen (secondary N) is 1. The molecule has 0 radical (unpaired) electrons. The van der Waals surface area contributed by atoms with Gasteiger partial charge in [0, 0.05) is 13.1 Å². The number of alkyl halides is 3. The van der Waals surface area contributed by atoms with E-state index < -0.39 is 3.79 Å². The normalized spacial score (nSPS) is 13.8. The van der Waals surface area contributed by atoms with Gasteiger partial charge in [-0.2, -0.15) is 0 Å². The average molecular weight is 324 g/mol. The summed E-state index contributed by atoms with van der Waals surface area (Å²) in [6, 6.07) is 9.49. The smallest absolute Gasteiger partial charge is 0.209 e. The molecule has 0 aliphatic rings. The first kappa shape index (κ1) is 17.1. The first-order valence-corrected chi connectivity index (χ1v) is 7.69. The highest BCUT2D eigenvalue weighted by Crippen LogP contribution is 2.39. The lowest BCUT2D eigenvalue weighted by Gasteiger charge is -2.27. The molecule has 0 bridgehead atoms. The van der Waals surface area contributed by atoms with E-state index in [4.69, 9.17) is 34.8 Å². The summed E-state index contributed by atoms with van der Waals surface area (Å²) in [5.41, 5.74) is 0.988. The highest BCUT2D eigenvalue weighted by molar-refractivity contribution is 6.68. The largest absolute Gasteiger partial charge is 0.305 e. The van der Waals surface area contributed by atoms with E-state index in [0.29, 0.717) is 0 Å². The van der Waals surface area contributed by atoms with E-state index in [-0.39, 0.29) is 6.04 Å². The van der Waals surface area contributed by atoms with Crippen LogP contribution in [0.3, 0.4) is 0 Å². The van der Waals surface area contributed by atoms with Crippen LogP contribution in [0.25, 0.3) is 0 Å². The molecule has 0 heterocycles. The molecule has 0 saturated carbocycles. The number of rotatable bonds is 7. The molecule has 5 heteroatoms. The van der Waals surface area contributed by atoms with Crippen LogP contribution in [0, 0.1) is 0 Å². The molecule has 0 spiro atoms. The van der Waals surface area contributed by atoms with Crippen molar-refractivity contribution in [2.45, 2.75) is 23.7 Å². The summed E-state index contributed by atoms with van der Waals surface area (Å²) in [5.74, 6) is 0. The number of hydrogen-bond acceptors (Lipinski definition) is 2. The third kappa shape index (κ3) is 5.88. The lowest BCUT2D eigenvalue weighted by Crippen LogP contribution is -2.38. The molecule has 0 saturated heterocycles. The second-order valence-corrected chi connectivity index (χ2v) is 6.74. The molecule has 108 valence electrons. The minimum atomic E-state index is -1.36. The highest BCUT2D eigenvalue weighted by atomic mass is 35.6. The van der Waals surface area contributed by atoms with E-state index >= 15 is 0 Å². The predicted octanol–water partition coefficient (Wildman–Crippen LogP) is 4.03. The molecule has 0 aliphatic heterocycles. The molecular weight excluding hydrogens is 303 g/mol. The van der Waals surface area contributed by atoms with E-state index in [1.54, 1.807) is 0 Å². The average Bonchev–Trinajstić information content (AvgIpc) is 2.38. The lowest BCUT2D eigenvalue weighted by atomic mass is 10.1. The van der Waals surface area contributed by atoms with Crippen molar-refractivity contribution in [3.63, 3.8) is 0 Å². The molecule has 1 rings (SSSR count). The molecule has 0 amide bonds. The highest BCUT2D eigenvalue weighted by Gasteiger charge is 2.33. The molecular formula is C14H21Cl3N2. The number of halogens is 3. The maximum atomic E-state index is 6.07. The van der Waals surface area contributed by atoms with Gasteiger partial charge >= 0.3 is 0 Å². The third-order valence-electron chi connectivity index (χ3n) is 3.13. The Morgan fingerprint density at radius 2 is 1.68 bits per heavy atom. The van der Waals surface area contributed by atoms with Crippen molar-refractivity contribution in [1.82, 2.24) is 10.2 Å². The van der Waals surface area contributed by atoms with Crippen molar-refractivity contribution in [3.05, 3.63) is 35.9 Å². The van der Waals surface area contributed by atoms with Gasteiger partial charge in [-0.3, -0.25) is 0 Å². The summed E-state index contributed by atoms with van der Waals surface area (Å²) in [4.78, 5) is 2.33. The molecule has 1 atom stereocenters. The summed E-state index contributed by atoms with van der Waals surface area (Å²) < 4.78 is -1.36. The van der Waals surface area contributed by atoms with Crippen LogP contribution in [-0.2, 0) is 0 Å². The van der Waals surface area contributed by atoms with Crippen molar-refractivity contribution in [2.24, 2.45) is 0 Å². The van der Waals surface area contributed by atoms with Gasteiger partial charge in [0.1, 0.15) is 0 Å². The van der Waals surface area contributed by atoms with Crippen LogP contribution in [0.4, 0.5) is 0 Å². The van der Waals surface area contributed by atoms with E-state index in [1.807, 2.05) is 30.3 Å². The first-order chi connectivity index (χ1) is 8.99. The number of benzene rings is 1. The van der Waals surface area contributed by atoms with Crippen LogP contribution in [0.2, 0.25) is 0 Å². The predicted molar refractivity (Wildman–Crippen MR) is 85.3 cm³/mol. The molecule has 0 fully saturated rings. The number of hydrogen-bond donors (Lipinski definition) is 1. The van der Waals surface area contributed by atoms with Crippen LogP contribution >= 0.6 is 34.8 Å². The fraction of sp³-hybridized carbons (Fsp3) is 0.571. The van der Waals surface area contributed by atoms with Crippen LogP contribution in [0.5, 0.6) is 0 Å². The van der Waals surface area contributed by atoms with E-state index in [2.05, 4.69) is 24.1 Å². The van der Waals surface area contributed by atoms with Crippen LogP contribution in [-0.4, -0.2) is 34.9 Å². The fourth-order valence-corrected chi connectivity index (χ4v) is 2.58. The third-order valence-corrected chi connectivity index (χ3v) is 3.79. The van der Waals surface area contributed by atoms with Crippen molar-refractivity contribution in [3.8, 4) is 0 Å². The molecule has 1 unspecified atom stereocenters. The summed E-state index contributed by atoms with van der Waals surface area (Å²) in [5, 5.41) is 3.34. The standard InChI is InChI=1S/C14H21Cl3N2/c1-3-19(4-2)11-10-18-13(14(15,16)17)12-8-6-5-7-9-12/h5-9,13,18H,3-4,10-11H2,1-2H3. The van der Waals surface area contributed by atoms with Crippen LogP contribution in [0.15, 0.2) is 30.3 Å². The van der Waals surface area contributed by atoms with Gasteiger partial charge in [-0.05, 0) is 18.7 Å². The zero-order valence-electron chi connectivity index (χ0n) is 11.4. The zero-order chi connectivity index (χ0) is 14.3. The Bertz CT molecular complexity index is 347. The van der Waals surface area contributed by atoms with Gasteiger partial charge in [-0.1, -0.05) is 79.0 Å². The Kier molecular flexibility index (Phi) is 7.48. The first-order valence-electron chi connectivity index (χ1n) is 6.56. The maximum Gasteiger partial charge on any atom is 0.209 e.